The third kappa shape index (κ3) is 1.21. The predicted molar refractivity (Wildman–Crippen MR) is 49.0 cm³/mol. The summed E-state index contributed by atoms with van der Waals surface area (Å²) < 4.78 is 21.1. The number of H-pyrrole nitrogens is 1. The largest absolute Gasteiger partial charge is 0.494 e. The Hall–Kier alpha value is -1.36. The van der Waals surface area contributed by atoms with E-state index in [9.17, 15) is 9.18 Å². The third-order valence-corrected chi connectivity index (χ3v) is 2.60. The first-order valence-electron chi connectivity index (χ1n) is 3.57. The van der Waals surface area contributed by atoms with E-state index < -0.39 is 5.82 Å². The molecular weight excluding hydrogens is 193 g/mol. The van der Waals surface area contributed by atoms with Crippen molar-refractivity contribution in [2.75, 3.05) is 7.11 Å². The smallest absolute Gasteiger partial charge is 0.266 e. The van der Waals surface area contributed by atoms with Gasteiger partial charge in [0.2, 0.25) is 0 Å². The van der Waals surface area contributed by atoms with Gasteiger partial charge in [0, 0.05) is 6.07 Å². The van der Waals surface area contributed by atoms with Crippen molar-refractivity contribution in [1.29, 1.82) is 0 Å². The Balaban J connectivity index is 2.83. The van der Waals surface area contributed by atoms with Crippen LogP contribution < -0.4 is 10.3 Å². The van der Waals surface area contributed by atoms with Crippen molar-refractivity contribution in [3.8, 4) is 5.75 Å². The normalized spacial score (nSPS) is 10.6. The Morgan fingerprint density at radius 3 is 3.00 bits per heavy atom. The van der Waals surface area contributed by atoms with Crippen molar-refractivity contribution in [3.63, 3.8) is 0 Å². The highest BCUT2D eigenvalue weighted by molar-refractivity contribution is 7.13. The van der Waals surface area contributed by atoms with E-state index >= 15 is 0 Å². The van der Waals surface area contributed by atoms with Gasteiger partial charge in [-0.2, -0.15) is 0 Å². The molecule has 0 amide bonds. The first-order chi connectivity index (χ1) is 6.22. The molecule has 0 aliphatic heterocycles. The minimum Gasteiger partial charge on any atom is -0.494 e. The van der Waals surface area contributed by atoms with Crippen LogP contribution in [-0.4, -0.2) is 11.5 Å². The molecule has 2 aromatic rings. The van der Waals surface area contributed by atoms with Gasteiger partial charge in [0.1, 0.15) is 0 Å². The van der Waals surface area contributed by atoms with E-state index in [2.05, 4.69) is 4.37 Å². The summed E-state index contributed by atoms with van der Waals surface area (Å²) in [6.07, 6.45) is 0. The van der Waals surface area contributed by atoms with Crippen molar-refractivity contribution in [2.24, 2.45) is 0 Å². The lowest BCUT2D eigenvalue weighted by molar-refractivity contribution is 0.387. The monoisotopic (exact) mass is 199 g/mol. The van der Waals surface area contributed by atoms with E-state index in [-0.39, 0.29) is 11.3 Å². The van der Waals surface area contributed by atoms with Crippen molar-refractivity contribution < 1.29 is 9.13 Å². The first-order valence-corrected chi connectivity index (χ1v) is 4.38. The lowest BCUT2D eigenvalue weighted by atomic mass is 10.2. The summed E-state index contributed by atoms with van der Waals surface area (Å²) in [5.41, 5.74) is -0.262. The van der Waals surface area contributed by atoms with Crippen LogP contribution in [0.4, 0.5) is 4.39 Å². The molecular formula is C8H6FNO2S. The standard InChI is InChI=1S/C8H6FNO2S/c1-12-6-3-7-4(2-5(6)9)8(11)10-13-7/h2-3H,1H3,(H,10,11). The number of benzene rings is 1. The van der Waals surface area contributed by atoms with Gasteiger partial charge in [-0.15, -0.1) is 0 Å². The number of fused-ring (bicyclic) bond motifs is 1. The van der Waals surface area contributed by atoms with Crippen LogP contribution in [0.15, 0.2) is 16.9 Å². The molecule has 0 atom stereocenters. The summed E-state index contributed by atoms with van der Waals surface area (Å²) in [5, 5.41) is 0.364. The molecule has 3 nitrogen and oxygen atoms in total. The lowest BCUT2D eigenvalue weighted by Crippen LogP contribution is -1.97. The SMILES string of the molecule is COc1cc2s[nH]c(=O)c2cc1F. The number of methoxy groups -OCH3 is 1. The van der Waals surface area contributed by atoms with Crippen LogP contribution in [0.3, 0.4) is 0 Å². The van der Waals surface area contributed by atoms with Crippen LogP contribution in [0.5, 0.6) is 5.75 Å². The minimum absolute atomic E-state index is 0.155. The average molecular weight is 199 g/mol. The average Bonchev–Trinajstić information content (AvgIpc) is 2.47. The Morgan fingerprint density at radius 1 is 1.54 bits per heavy atom. The molecule has 0 saturated heterocycles. The zero-order chi connectivity index (χ0) is 9.42. The van der Waals surface area contributed by atoms with Gasteiger partial charge in [-0.1, -0.05) is 11.5 Å². The zero-order valence-corrected chi connectivity index (χ0v) is 7.57. The molecule has 0 saturated carbocycles. The van der Waals surface area contributed by atoms with Crippen LogP contribution in [0, 0.1) is 5.82 Å². The Morgan fingerprint density at radius 2 is 2.31 bits per heavy atom. The Kier molecular flexibility index (Phi) is 1.81. The number of hydrogen-bond donors (Lipinski definition) is 1. The van der Waals surface area contributed by atoms with Crippen molar-refractivity contribution >= 4 is 21.6 Å². The number of nitrogens with one attached hydrogen (secondary N) is 1. The quantitative estimate of drug-likeness (QED) is 0.760. The number of halogens is 1. The van der Waals surface area contributed by atoms with Gasteiger partial charge in [-0.05, 0) is 6.07 Å². The molecule has 0 aliphatic carbocycles. The highest BCUT2D eigenvalue weighted by atomic mass is 32.1. The number of hydrogen-bond acceptors (Lipinski definition) is 3. The van der Waals surface area contributed by atoms with Gasteiger partial charge < -0.3 is 4.74 Å². The summed E-state index contributed by atoms with van der Waals surface area (Å²) in [5.74, 6) is -0.360. The zero-order valence-electron chi connectivity index (χ0n) is 6.76. The van der Waals surface area contributed by atoms with Crippen molar-refractivity contribution in [3.05, 3.63) is 28.3 Å². The van der Waals surface area contributed by atoms with Gasteiger partial charge in [0.05, 0.1) is 17.2 Å². The Labute approximate surface area is 76.9 Å². The van der Waals surface area contributed by atoms with Crippen LogP contribution in [0.1, 0.15) is 0 Å². The second-order valence-electron chi connectivity index (χ2n) is 2.52. The maximum absolute atomic E-state index is 13.1. The van der Waals surface area contributed by atoms with Gasteiger partial charge in [-0.3, -0.25) is 9.17 Å². The number of rotatable bonds is 1. The summed E-state index contributed by atoms with van der Waals surface area (Å²) in [6.45, 7) is 0. The first kappa shape index (κ1) is 8.25. The second-order valence-corrected chi connectivity index (χ2v) is 3.36. The van der Waals surface area contributed by atoms with E-state index in [0.717, 1.165) is 0 Å². The fourth-order valence-corrected chi connectivity index (χ4v) is 1.85. The maximum Gasteiger partial charge on any atom is 0.266 e. The second kappa shape index (κ2) is 2.85. The minimum atomic E-state index is -0.515. The highest BCUT2D eigenvalue weighted by Crippen LogP contribution is 2.24. The molecule has 0 spiro atoms. The summed E-state index contributed by atoms with van der Waals surface area (Å²) in [4.78, 5) is 11.1. The third-order valence-electron chi connectivity index (χ3n) is 1.75. The van der Waals surface area contributed by atoms with Crippen LogP contribution >= 0.6 is 11.5 Å². The predicted octanol–water partition coefficient (Wildman–Crippen LogP) is 1.74. The molecule has 5 heteroatoms. The molecule has 1 aromatic carbocycles. The Bertz CT molecular complexity index is 502. The number of aromatic nitrogens is 1. The van der Waals surface area contributed by atoms with E-state index in [0.29, 0.717) is 10.1 Å². The number of aromatic amines is 1. The lowest BCUT2D eigenvalue weighted by Gasteiger charge is -1.99. The van der Waals surface area contributed by atoms with Crippen molar-refractivity contribution in [1.82, 2.24) is 4.37 Å². The summed E-state index contributed by atoms with van der Waals surface area (Å²) in [7, 11) is 1.39. The fourth-order valence-electron chi connectivity index (χ4n) is 1.11. The van der Waals surface area contributed by atoms with Crippen molar-refractivity contribution in [2.45, 2.75) is 0 Å². The van der Waals surface area contributed by atoms with E-state index in [1.54, 1.807) is 0 Å². The van der Waals surface area contributed by atoms with Gasteiger partial charge >= 0.3 is 0 Å². The van der Waals surface area contributed by atoms with Crippen LogP contribution in [0.25, 0.3) is 10.1 Å². The summed E-state index contributed by atoms with van der Waals surface area (Å²) >= 11 is 1.17. The van der Waals surface area contributed by atoms with Gasteiger partial charge in [0.25, 0.3) is 5.56 Å². The van der Waals surface area contributed by atoms with E-state index in [1.165, 1.54) is 30.8 Å². The van der Waals surface area contributed by atoms with Gasteiger partial charge in [-0.25, -0.2) is 4.39 Å². The molecule has 0 radical (unpaired) electrons. The van der Waals surface area contributed by atoms with E-state index in [1.807, 2.05) is 0 Å². The maximum atomic E-state index is 13.1. The molecule has 2 rings (SSSR count). The molecule has 68 valence electrons. The van der Waals surface area contributed by atoms with Gasteiger partial charge in [0.15, 0.2) is 11.6 Å². The van der Waals surface area contributed by atoms with Crippen LogP contribution in [-0.2, 0) is 0 Å². The molecule has 0 bridgehead atoms. The van der Waals surface area contributed by atoms with E-state index in [4.69, 9.17) is 4.74 Å². The molecule has 0 aliphatic rings. The summed E-state index contributed by atoms with van der Waals surface area (Å²) in [6, 6.07) is 2.69. The van der Waals surface area contributed by atoms with Crippen LogP contribution in [0.2, 0.25) is 0 Å². The topological polar surface area (TPSA) is 42.1 Å². The molecule has 1 aromatic heterocycles. The molecule has 1 N–H and O–H groups in total. The molecule has 0 fully saturated rings. The molecule has 13 heavy (non-hydrogen) atoms. The fraction of sp³-hybridized carbons (Fsp3) is 0.125. The highest BCUT2D eigenvalue weighted by Gasteiger charge is 2.08. The molecule has 0 unspecified atom stereocenters. The number of ether oxygens (including phenoxy) is 1. The molecule has 1 heterocycles.